The highest BCUT2D eigenvalue weighted by molar-refractivity contribution is 5.58. The second kappa shape index (κ2) is 6.61. The number of nitriles is 1. The molecule has 7 heteroatoms. The summed E-state index contributed by atoms with van der Waals surface area (Å²) in [5.74, 6) is 2.56. The summed E-state index contributed by atoms with van der Waals surface area (Å²) in [6, 6.07) is 13.6. The van der Waals surface area contributed by atoms with Gasteiger partial charge < -0.3 is 10.6 Å². The number of rotatable bonds is 6. The van der Waals surface area contributed by atoms with Gasteiger partial charge in [-0.15, -0.1) is 0 Å². The molecular weight excluding hydrogens is 314 g/mol. The molecule has 130 valence electrons. The minimum absolute atomic E-state index is 0. The van der Waals surface area contributed by atoms with Crippen molar-refractivity contribution in [1.82, 2.24) is 20.2 Å². The fourth-order valence-electron chi connectivity index (χ4n) is 2.55. The van der Waals surface area contributed by atoms with Crippen LogP contribution in [-0.2, 0) is 6.42 Å². The Morgan fingerprint density at radius 3 is 2.76 bits per heavy atom. The van der Waals surface area contributed by atoms with E-state index in [0.717, 1.165) is 17.1 Å². The molecule has 3 N–H and O–H groups in total. The number of aromatic amines is 1. The second-order valence-electron chi connectivity index (χ2n) is 6.03. The Morgan fingerprint density at radius 2 is 2.00 bits per heavy atom. The molecule has 0 aliphatic heterocycles. The van der Waals surface area contributed by atoms with Crippen molar-refractivity contribution >= 4 is 23.3 Å². The molecule has 0 saturated heterocycles. The Morgan fingerprint density at radius 1 is 1.16 bits per heavy atom. The largest absolute Gasteiger partial charge is 0.324 e. The summed E-state index contributed by atoms with van der Waals surface area (Å²) in [6.07, 6.45) is 4.56. The molecule has 1 aromatic carbocycles. The van der Waals surface area contributed by atoms with Gasteiger partial charge >= 0.3 is 0 Å². The van der Waals surface area contributed by atoms with Crippen molar-refractivity contribution in [1.29, 1.82) is 5.26 Å². The molecule has 2 heterocycles. The van der Waals surface area contributed by atoms with Gasteiger partial charge in [0.2, 0.25) is 5.95 Å². The molecule has 0 atom stereocenters. The number of anilines is 4. The molecule has 0 unspecified atom stereocenters. The molecule has 1 aliphatic rings. The Balaban J connectivity index is 0.00000131. The number of aromatic nitrogens is 4. The Bertz CT molecular complexity index is 917. The zero-order valence-corrected chi connectivity index (χ0v) is 13.5. The van der Waals surface area contributed by atoms with Crippen LogP contribution >= 0.6 is 0 Å². The van der Waals surface area contributed by atoms with Crippen molar-refractivity contribution in [2.45, 2.75) is 25.2 Å². The molecular formula is C18H23N7. The van der Waals surface area contributed by atoms with Crippen LogP contribution in [0.2, 0.25) is 0 Å². The third kappa shape index (κ3) is 3.75. The highest BCUT2D eigenvalue weighted by atomic mass is 15.2. The minimum Gasteiger partial charge on any atom is -0.324 e. The maximum atomic E-state index is 8.71. The lowest BCUT2D eigenvalue weighted by Crippen LogP contribution is -2.00. The maximum absolute atomic E-state index is 8.71. The molecule has 4 rings (SSSR count). The van der Waals surface area contributed by atoms with Crippen molar-refractivity contribution in [3.05, 3.63) is 53.9 Å². The predicted molar refractivity (Wildman–Crippen MR) is 101 cm³/mol. The number of hydrogen-bond donors (Lipinski definition) is 3. The SMILES string of the molecule is N#CCc1ccc(Nc2nccc(Nc3cc(C4CC4)[nH]n3)n2)cc1.[HH].[HH].[HH]. The number of benzene rings is 1. The van der Waals surface area contributed by atoms with Crippen molar-refractivity contribution < 1.29 is 4.28 Å². The Kier molecular flexibility index (Phi) is 4.01. The highest BCUT2D eigenvalue weighted by Crippen LogP contribution is 2.39. The van der Waals surface area contributed by atoms with Gasteiger partial charge in [0.05, 0.1) is 12.5 Å². The first-order chi connectivity index (χ1) is 12.3. The molecule has 0 bridgehead atoms. The summed E-state index contributed by atoms with van der Waals surface area (Å²) in [4.78, 5) is 8.69. The van der Waals surface area contributed by atoms with Crippen LogP contribution in [0.5, 0.6) is 0 Å². The summed E-state index contributed by atoms with van der Waals surface area (Å²) in [7, 11) is 0. The molecule has 1 fully saturated rings. The number of H-pyrrole nitrogens is 1. The van der Waals surface area contributed by atoms with Crippen molar-refractivity contribution in [2.24, 2.45) is 0 Å². The van der Waals surface area contributed by atoms with E-state index in [0.29, 0.717) is 24.1 Å². The molecule has 0 amide bonds. The van der Waals surface area contributed by atoms with Gasteiger partial charge in [0.15, 0.2) is 5.82 Å². The Hall–Kier alpha value is -3.40. The van der Waals surface area contributed by atoms with E-state index in [1.807, 2.05) is 30.3 Å². The normalized spacial score (nSPS) is 13.2. The molecule has 2 aromatic heterocycles. The Labute approximate surface area is 149 Å². The van der Waals surface area contributed by atoms with Gasteiger partial charge in [0.25, 0.3) is 0 Å². The van der Waals surface area contributed by atoms with E-state index >= 15 is 0 Å². The quantitative estimate of drug-likeness (QED) is 0.617. The van der Waals surface area contributed by atoms with E-state index in [1.54, 1.807) is 12.3 Å². The van der Waals surface area contributed by atoms with Crippen molar-refractivity contribution in [3.8, 4) is 6.07 Å². The molecule has 7 nitrogen and oxygen atoms in total. The average molecular weight is 337 g/mol. The molecule has 3 aromatic rings. The first kappa shape index (κ1) is 15.1. The standard InChI is InChI=1S/C18H17N7.3H2/c19-9-7-12-1-5-14(6-2-12)21-18-20-10-8-16(23-18)22-17-11-15(24-25-17)13-3-4-13;;;/h1-2,5-6,8,10-11,13H,3-4,7H2,(H3,20,21,22,23,24,25);3*1H. The molecule has 1 aliphatic carbocycles. The zero-order valence-electron chi connectivity index (χ0n) is 13.5. The van der Waals surface area contributed by atoms with Crippen LogP contribution in [0.15, 0.2) is 42.6 Å². The van der Waals surface area contributed by atoms with E-state index in [2.05, 4.69) is 36.9 Å². The van der Waals surface area contributed by atoms with Gasteiger partial charge in [-0.1, -0.05) is 12.1 Å². The summed E-state index contributed by atoms with van der Waals surface area (Å²) in [5, 5.41) is 22.4. The summed E-state index contributed by atoms with van der Waals surface area (Å²) >= 11 is 0. The highest BCUT2D eigenvalue weighted by Gasteiger charge is 2.25. The van der Waals surface area contributed by atoms with Gasteiger partial charge in [-0.05, 0) is 36.6 Å². The van der Waals surface area contributed by atoms with Gasteiger partial charge in [-0.25, -0.2) is 4.98 Å². The van der Waals surface area contributed by atoms with Gasteiger partial charge in [0, 0.05) is 33.8 Å². The van der Waals surface area contributed by atoms with E-state index in [-0.39, 0.29) is 4.28 Å². The monoisotopic (exact) mass is 337 g/mol. The lowest BCUT2D eigenvalue weighted by atomic mass is 10.1. The fraction of sp³-hybridized carbons (Fsp3) is 0.222. The summed E-state index contributed by atoms with van der Waals surface area (Å²) in [6.45, 7) is 0. The van der Waals surface area contributed by atoms with Crippen LogP contribution in [0.1, 0.15) is 34.3 Å². The first-order valence-corrected chi connectivity index (χ1v) is 8.18. The predicted octanol–water partition coefficient (Wildman–Crippen LogP) is 4.37. The number of nitrogens with one attached hydrogen (secondary N) is 3. The van der Waals surface area contributed by atoms with Gasteiger partial charge in [-0.2, -0.15) is 15.3 Å². The second-order valence-corrected chi connectivity index (χ2v) is 6.03. The lowest BCUT2D eigenvalue weighted by molar-refractivity contribution is 0.966. The zero-order chi connectivity index (χ0) is 17.1. The van der Waals surface area contributed by atoms with E-state index < -0.39 is 0 Å². The van der Waals surface area contributed by atoms with E-state index in [4.69, 9.17) is 5.26 Å². The third-order valence-corrected chi connectivity index (χ3v) is 4.02. The van der Waals surface area contributed by atoms with Crippen molar-refractivity contribution in [3.63, 3.8) is 0 Å². The molecule has 0 spiro atoms. The van der Waals surface area contributed by atoms with Crippen LogP contribution < -0.4 is 10.6 Å². The summed E-state index contributed by atoms with van der Waals surface area (Å²) < 4.78 is 0. The van der Waals surface area contributed by atoms with Crippen molar-refractivity contribution in [2.75, 3.05) is 10.6 Å². The molecule has 25 heavy (non-hydrogen) atoms. The smallest absolute Gasteiger partial charge is 0.229 e. The van der Waals surface area contributed by atoms with Crippen LogP contribution in [0.3, 0.4) is 0 Å². The minimum atomic E-state index is 0. The van der Waals surface area contributed by atoms with Crippen LogP contribution in [0.4, 0.5) is 23.3 Å². The lowest BCUT2D eigenvalue weighted by Gasteiger charge is -2.07. The van der Waals surface area contributed by atoms with Crippen LogP contribution in [-0.4, -0.2) is 20.2 Å². The number of nitrogens with zero attached hydrogens (tertiary/aromatic N) is 4. The van der Waals surface area contributed by atoms with Gasteiger partial charge in [0.1, 0.15) is 5.82 Å². The topological polar surface area (TPSA) is 102 Å². The van der Waals surface area contributed by atoms with E-state index in [1.165, 1.54) is 18.5 Å². The van der Waals surface area contributed by atoms with Crippen LogP contribution in [0, 0.1) is 11.3 Å². The van der Waals surface area contributed by atoms with E-state index in [9.17, 15) is 0 Å². The molecule has 1 saturated carbocycles. The molecule has 0 radical (unpaired) electrons. The number of hydrogen-bond acceptors (Lipinski definition) is 6. The van der Waals surface area contributed by atoms with Crippen LogP contribution in [0.25, 0.3) is 0 Å². The third-order valence-electron chi connectivity index (χ3n) is 4.02. The maximum Gasteiger partial charge on any atom is 0.229 e. The summed E-state index contributed by atoms with van der Waals surface area (Å²) in [5.41, 5.74) is 3.02. The fourth-order valence-corrected chi connectivity index (χ4v) is 2.55. The first-order valence-electron chi connectivity index (χ1n) is 8.18. The van der Waals surface area contributed by atoms with Gasteiger partial charge in [-0.3, -0.25) is 5.10 Å². The average Bonchev–Trinajstić information content (AvgIpc) is 3.37.